The van der Waals surface area contributed by atoms with Crippen LogP contribution in [0.25, 0.3) is 0 Å². The number of hydrogen-bond acceptors (Lipinski definition) is 4. The Morgan fingerprint density at radius 2 is 1.95 bits per heavy atom. The van der Waals surface area contributed by atoms with Gasteiger partial charge < -0.3 is 14.5 Å². The fourth-order valence-corrected chi connectivity index (χ4v) is 1.98. The van der Waals surface area contributed by atoms with E-state index in [1.54, 1.807) is 31.2 Å². The highest BCUT2D eigenvalue weighted by molar-refractivity contribution is 5.91. The predicted octanol–water partition coefficient (Wildman–Crippen LogP) is 2.88. The fourth-order valence-electron chi connectivity index (χ4n) is 1.98. The molecule has 116 valence electrons. The van der Waals surface area contributed by atoms with Crippen molar-refractivity contribution in [3.8, 4) is 0 Å². The third-order valence-corrected chi connectivity index (χ3v) is 3.28. The van der Waals surface area contributed by atoms with Crippen LogP contribution in [0.4, 0.5) is 0 Å². The van der Waals surface area contributed by atoms with Crippen LogP contribution >= 0.6 is 0 Å². The molecular formula is C17H19NO4. The number of benzene rings is 1. The second-order valence-corrected chi connectivity index (χ2v) is 4.93. The van der Waals surface area contributed by atoms with Crippen molar-refractivity contribution in [2.75, 3.05) is 6.61 Å². The second-order valence-electron chi connectivity index (χ2n) is 4.93. The fraction of sp³-hybridized carbons (Fsp3) is 0.294. The van der Waals surface area contributed by atoms with Gasteiger partial charge >= 0.3 is 5.97 Å². The van der Waals surface area contributed by atoms with Gasteiger partial charge in [0.2, 0.25) is 0 Å². The summed E-state index contributed by atoms with van der Waals surface area (Å²) in [5, 5.41) is 2.70. The smallest absolute Gasteiger partial charge is 0.338 e. The third-order valence-electron chi connectivity index (χ3n) is 3.28. The van der Waals surface area contributed by atoms with E-state index in [4.69, 9.17) is 9.15 Å². The molecule has 5 heteroatoms. The van der Waals surface area contributed by atoms with Crippen LogP contribution in [0.15, 0.2) is 47.1 Å². The summed E-state index contributed by atoms with van der Waals surface area (Å²) in [7, 11) is 0. The first kappa shape index (κ1) is 15.8. The van der Waals surface area contributed by atoms with Crippen molar-refractivity contribution < 1.29 is 18.7 Å². The van der Waals surface area contributed by atoms with Crippen LogP contribution in [-0.4, -0.2) is 18.5 Å². The summed E-state index contributed by atoms with van der Waals surface area (Å²) in [4.78, 5) is 23.6. The van der Waals surface area contributed by atoms with Crippen molar-refractivity contribution in [3.63, 3.8) is 0 Å². The molecule has 0 bridgehead atoms. The van der Waals surface area contributed by atoms with E-state index in [1.807, 2.05) is 19.1 Å². The van der Waals surface area contributed by atoms with Crippen molar-refractivity contribution in [2.24, 2.45) is 0 Å². The Balaban J connectivity index is 1.81. The van der Waals surface area contributed by atoms with E-state index in [-0.39, 0.29) is 18.6 Å². The van der Waals surface area contributed by atoms with E-state index in [0.717, 1.165) is 12.0 Å². The zero-order valence-electron chi connectivity index (χ0n) is 12.7. The minimum absolute atomic E-state index is 0.273. The molecule has 5 nitrogen and oxygen atoms in total. The molecule has 0 radical (unpaired) electrons. The zero-order valence-corrected chi connectivity index (χ0v) is 12.7. The van der Waals surface area contributed by atoms with E-state index in [2.05, 4.69) is 5.32 Å². The monoisotopic (exact) mass is 301 g/mol. The van der Waals surface area contributed by atoms with Crippen LogP contribution in [0.3, 0.4) is 0 Å². The van der Waals surface area contributed by atoms with Gasteiger partial charge in [-0.3, -0.25) is 4.79 Å². The van der Waals surface area contributed by atoms with E-state index in [9.17, 15) is 9.59 Å². The molecule has 0 saturated carbocycles. The molecule has 0 spiro atoms. The molecule has 1 N–H and O–H groups in total. The van der Waals surface area contributed by atoms with Crippen LogP contribution in [0.5, 0.6) is 0 Å². The van der Waals surface area contributed by atoms with E-state index in [1.165, 1.54) is 6.26 Å². The number of esters is 1. The van der Waals surface area contributed by atoms with Gasteiger partial charge in [-0.1, -0.05) is 19.1 Å². The minimum atomic E-state index is -0.511. The van der Waals surface area contributed by atoms with E-state index in [0.29, 0.717) is 11.3 Å². The summed E-state index contributed by atoms with van der Waals surface area (Å²) in [6, 6.07) is 10.4. The van der Waals surface area contributed by atoms with Gasteiger partial charge in [0, 0.05) is 0 Å². The lowest BCUT2D eigenvalue weighted by molar-refractivity contribution is -0.125. The Hall–Kier alpha value is -2.56. The maximum absolute atomic E-state index is 11.8. The van der Waals surface area contributed by atoms with Gasteiger partial charge in [0.05, 0.1) is 17.9 Å². The molecule has 0 fully saturated rings. The molecule has 1 amide bonds. The number of ether oxygens (including phenoxy) is 1. The van der Waals surface area contributed by atoms with Crippen molar-refractivity contribution in [1.82, 2.24) is 5.32 Å². The first-order valence-corrected chi connectivity index (χ1v) is 7.19. The third kappa shape index (κ3) is 4.22. The minimum Gasteiger partial charge on any atom is -0.467 e. The molecule has 0 aliphatic rings. The summed E-state index contributed by atoms with van der Waals surface area (Å²) in [5.41, 5.74) is 1.57. The summed E-state index contributed by atoms with van der Waals surface area (Å²) in [5.74, 6) is -0.235. The SMILES string of the molecule is CCc1ccc(C(=O)OCC(=O)N[C@@H](C)c2ccco2)cc1. The molecule has 1 heterocycles. The second kappa shape index (κ2) is 7.45. The summed E-state index contributed by atoms with van der Waals surface area (Å²) >= 11 is 0. The number of furan rings is 1. The van der Waals surface area contributed by atoms with Gasteiger partial charge in [-0.2, -0.15) is 0 Å². The highest BCUT2D eigenvalue weighted by atomic mass is 16.5. The molecule has 0 aliphatic carbocycles. The molecule has 2 aromatic rings. The van der Waals surface area contributed by atoms with Crippen LogP contribution in [0.1, 0.15) is 41.6 Å². The number of aryl methyl sites for hydroxylation is 1. The van der Waals surface area contributed by atoms with Gasteiger partial charge in [-0.05, 0) is 43.2 Å². The molecule has 0 unspecified atom stereocenters. The normalized spacial score (nSPS) is 11.7. The highest BCUT2D eigenvalue weighted by Crippen LogP contribution is 2.12. The Labute approximate surface area is 129 Å². The lowest BCUT2D eigenvalue weighted by Gasteiger charge is -2.11. The zero-order chi connectivity index (χ0) is 15.9. The Morgan fingerprint density at radius 1 is 1.23 bits per heavy atom. The molecule has 2 rings (SSSR count). The van der Waals surface area contributed by atoms with Gasteiger partial charge in [0.1, 0.15) is 5.76 Å². The van der Waals surface area contributed by atoms with Gasteiger partial charge in [-0.15, -0.1) is 0 Å². The van der Waals surface area contributed by atoms with Crippen LogP contribution < -0.4 is 5.32 Å². The van der Waals surface area contributed by atoms with Crippen molar-refractivity contribution in [3.05, 3.63) is 59.5 Å². The van der Waals surface area contributed by atoms with Crippen LogP contribution in [-0.2, 0) is 16.0 Å². The van der Waals surface area contributed by atoms with E-state index < -0.39 is 5.97 Å². The Bertz CT molecular complexity index is 617. The summed E-state index contributed by atoms with van der Waals surface area (Å²) in [6.45, 7) is 3.51. The molecule has 1 atom stereocenters. The molecule has 1 aromatic carbocycles. The topological polar surface area (TPSA) is 68.5 Å². The van der Waals surface area contributed by atoms with Crippen molar-refractivity contribution in [1.29, 1.82) is 0 Å². The summed E-state index contributed by atoms with van der Waals surface area (Å²) in [6.07, 6.45) is 2.44. The van der Waals surface area contributed by atoms with Gasteiger partial charge in [-0.25, -0.2) is 4.79 Å². The first-order valence-electron chi connectivity index (χ1n) is 7.19. The lowest BCUT2D eigenvalue weighted by atomic mass is 10.1. The molecule has 0 aliphatic heterocycles. The van der Waals surface area contributed by atoms with Crippen molar-refractivity contribution in [2.45, 2.75) is 26.3 Å². The standard InChI is InChI=1S/C17H19NO4/c1-3-13-6-8-14(9-7-13)17(20)22-11-16(19)18-12(2)15-5-4-10-21-15/h4-10,12H,3,11H2,1-2H3,(H,18,19)/t12-/m0/s1. The van der Waals surface area contributed by atoms with Crippen molar-refractivity contribution >= 4 is 11.9 Å². The Kier molecular flexibility index (Phi) is 5.36. The predicted molar refractivity (Wildman–Crippen MR) is 81.4 cm³/mol. The number of carbonyl (C=O) groups excluding carboxylic acids is 2. The van der Waals surface area contributed by atoms with Crippen LogP contribution in [0, 0.1) is 0 Å². The average Bonchev–Trinajstić information content (AvgIpc) is 3.07. The van der Waals surface area contributed by atoms with E-state index >= 15 is 0 Å². The number of amides is 1. The lowest BCUT2D eigenvalue weighted by Crippen LogP contribution is -2.30. The number of hydrogen-bond donors (Lipinski definition) is 1. The number of carbonyl (C=O) groups is 2. The highest BCUT2D eigenvalue weighted by Gasteiger charge is 2.14. The quantitative estimate of drug-likeness (QED) is 0.833. The van der Waals surface area contributed by atoms with Crippen LogP contribution in [0.2, 0.25) is 0 Å². The Morgan fingerprint density at radius 3 is 2.55 bits per heavy atom. The molecule has 0 saturated heterocycles. The molecule has 22 heavy (non-hydrogen) atoms. The number of nitrogens with one attached hydrogen (secondary N) is 1. The maximum atomic E-state index is 11.8. The largest absolute Gasteiger partial charge is 0.467 e. The molecular weight excluding hydrogens is 282 g/mol. The van der Waals surface area contributed by atoms with Gasteiger partial charge in [0.15, 0.2) is 6.61 Å². The summed E-state index contributed by atoms with van der Waals surface area (Å²) < 4.78 is 10.2. The van der Waals surface area contributed by atoms with Gasteiger partial charge in [0.25, 0.3) is 5.91 Å². The molecule has 1 aromatic heterocycles. The number of rotatable bonds is 6. The average molecular weight is 301 g/mol. The maximum Gasteiger partial charge on any atom is 0.338 e. The first-order chi connectivity index (χ1) is 10.6.